The van der Waals surface area contributed by atoms with Crippen molar-refractivity contribution < 1.29 is 19.0 Å². The summed E-state index contributed by atoms with van der Waals surface area (Å²) in [6.45, 7) is 5.68. The second kappa shape index (κ2) is 6.43. The van der Waals surface area contributed by atoms with Gasteiger partial charge in [-0.3, -0.25) is 4.79 Å². The van der Waals surface area contributed by atoms with Gasteiger partial charge < -0.3 is 14.2 Å². The first-order valence-corrected chi connectivity index (χ1v) is 5.66. The molecule has 0 amide bonds. The monoisotopic (exact) mass is 238 g/mol. The van der Waals surface area contributed by atoms with Gasteiger partial charge in [-0.15, -0.1) is 6.42 Å². The second-order valence-electron chi connectivity index (χ2n) is 3.88. The molecule has 1 rings (SSSR count). The lowest BCUT2D eigenvalue weighted by Crippen LogP contribution is -2.50. The number of rotatable bonds is 5. The largest absolute Gasteiger partial charge is 0.453 e. The number of carbonyl (C=O) groups excluding carboxylic acids is 1. The molecule has 1 aliphatic rings. The summed E-state index contributed by atoms with van der Waals surface area (Å²) in [6.07, 6.45) is 8.61. The average Bonchev–Trinajstić information content (AvgIpc) is 2.34. The molecule has 1 aliphatic heterocycles. The molecule has 4 heteroatoms. The lowest BCUT2D eigenvalue weighted by molar-refractivity contribution is -0.287. The summed E-state index contributed by atoms with van der Waals surface area (Å²) in [7, 11) is 0. The van der Waals surface area contributed by atoms with Crippen LogP contribution in [0.3, 0.4) is 0 Å². The van der Waals surface area contributed by atoms with E-state index in [2.05, 4.69) is 12.5 Å². The molecule has 17 heavy (non-hydrogen) atoms. The number of ether oxygens (including phenoxy) is 3. The van der Waals surface area contributed by atoms with Gasteiger partial charge in [0.25, 0.3) is 0 Å². The molecule has 0 radical (unpaired) electrons. The van der Waals surface area contributed by atoms with E-state index in [1.54, 1.807) is 0 Å². The molecule has 0 bridgehead atoms. The van der Waals surface area contributed by atoms with Crippen LogP contribution in [0.2, 0.25) is 0 Å². The number of hydrogen-bond acceptors (Lipinski definition) is 4. The summed E-state index contributed by atoms with van der Waals surface area (Å²) in [6, 6.07) is 0. The average molecular weight is 238 g/mol. The standard InChI is InChI=1S/C13H18O4/c1-4-9-15-13(8-6-7-10-16-13)12(5-2)17-11(3)14/h1,5,12H,2,6-10H2,3H3/t12-,13+/m0/s1. The summed E-state index contributed by atoms with van der Waals surface area (Å²) in [5.41, 5.74) is 0. The number of hydrogen-bond donors (Lipinski definition) is 0. The molecule has 0 saturated carbocycles. The van der Waals surface area contributed by atoms with Crippen LogP contribution in [0.4, 0.5) is 0 Å². The van der Waals surface area contributed by atoms with Crippen LogP contribution in [0.1, 0.15) is 26.2 Å². The van der Waals surface area contributed by atoms with Crippen LogP contribution in [-0.4, -0.2) is 31.1 Å². The number of esters is 1. The van der Waals surface area contributed by atoms with Gasteiger partial charge in [0, 0.05) is 13.3 Å². The maximum atomic E-state index is 11.1. The normalized spacial score (nSPS) is 25.6. The van der Waals surface area contributed by atoms with E-state index >= 15 is 0 Å². The highest BCUT2D eigenvalue weighted by atomic mass is 16.7. The van der Waals surface area contributed by atoms with Crippen LogP contribution in [-0.2, 0) is 19.0 Å². The molecule has 0 aromatic rings. The van der Waals surface area contributed by atoms with Crippen LogP contribution >= 0.6 is 0 Å². The Kier molecular flexibility index (Phi) is 5.20. The van der Waals surface area contributed by atoms with Gasteiger partial charge >= 0.3 is 5.97 Å². The van der Waals surface area contributed by atoms with E-state index in [0.717, 1.165) is 12.8 Å². The molecule has 2 atom stereocenters. The zero-order valence-corrected chi connectivity index (χ0v) is 10.1. The lowest BCUT2D eigenvalue weighted by Gasteiger charge is -2.40. The van der Waals surface area contributed by atoms with Crippen molar-refractivity contribution in [1.29, 1.82) is 0 Å². The van der Waals surface area contributed by atoms with Gasteiger partial charge in [-0.2, -0.15) is 0 Å². The predicted octanol–water partition coefficient (Wildman–Crippen LogP) is 1.65. The molecule has 4 nitrogen and oxygen atoms in total. The highest BCUT2D eigenvalue weighted by molar-refractivity contribution is 5.66. The molecule has 0 aromatic carbocycles. The van der Waals surface area contributed by atoms with Crippen molar-refractivity contribution >= 4 is 5.97 Å². The summed E-state index contributed by atoms with van der Waals surface area (Å²) in [4.78, 5) is 11.1. The second-order valence-corrected chi connectivity index (χ2v) is 3.88. The van der Waals surface area contributed by atoms with E-state index in [1.165, 1.54) is 13.0 Å². The Morgan fingerprint density at radius 1 is 1.71 bits per heavy atom. The van der Waals surface area contributed by atoms with Gasteiger partial charge in [0.2, 0.25) is 5.79 Å². The van der Waals surface area contributed by atoms with E-state index in [4.69, 9.17) is 20.6 Å². The van der Waals surface area contributed by atoms with Gasteiger partial charge in [0.05, 0.1) is 6.61 Å². The highest BCUT2D eigenvalue weighted by Crippen LogP contribution is 2.32. The maximum absolute atomic E-state index is 11.1. The molecule has 1 saturated heterocycles. The van der Waals surface area contributed by atoms with Crippen LogP contribution in [0.5, 0.6) is 0 Å². The molecule has 0 aromatic heterocycles. The zero-order valence-electron chi connectivity index (χ0n) is 10.1. The first-order valence-electron chi connectivity index (χ1n) is 5.66. The Morgan fingerprint density at radius 2 is 2.47 bits per heavy atom. The summed E-state index contributed by atoms with van der Waals surface area (Å²) in [5, 5.41) is 0. The van der Waals surface area contributed by atoms with Crippen LogP contribution < -0.4 is 0 Å². The SMILES string of the molecule is C#CCO[C@]1([C@H](C=C)OC(C)=O)CCCCO1. The van der Waals surface area contributed by atoms with Crippen LogP contribution in [0.15, 0.2) is 12.7 Å². The Labute approximate surface area is 102 Å². The van der Waals surface area contributed by atoms with Crippen molar-refractivity contribution in [3.8, 4) is 12.3 Å². The molecular formula is C13H18O4. The van der Waals surface area contributed by atoms with Gasteiger partial charge in [-0.25, -0.2) is 0 Å². The Morgan fingerprint density at radius 3 is 2.94 bits per heavy atom. The molecule has 1 heterocycles. The molecular weight excluding hydrogens is 220 g/mol. The third kappa shape index (κ3) is 3.58. The third-order valence-electron chi connectivity index (χ3n) is 2.61. The number of terminal acetylenes is 1. The van der Waals surface area contributed by atoms with Crippen molar-refractivity contribution in [2.24, 2.45) is 0 Å². The van der Waals surface area contributed by atoms with Crippen molar-refractivity contribution in [2.75, 3.05) is 13.2 Å². The Hall–Kier alpha value is -1.31. The third-order valence-corrected chi connectivity index (χ3v) is 2.61. The fraction of sp³-hybridized carbons (Fsp3) is 0.615. The van der Waals surface area contributed by atoms with E-state index in [0.29, 0.717) is 13.0 Å². The predicted molar refractivity (Wildman–Crippen MR) is 63.1 cm³/mol. The van der Waals surface area contributed by atoms with E-state index in [1.807, 2.05) is 0 Å². The lowest BCUT2D eigenvalue weighted by atomic mass is 9.99. The summed E-state index contributed by atoms with van der Waals surface area (Å²) >= 11 is 0. The maximum Gasteiger partial charge on any atom is 0.303 e. The summed E-state index contributed by atoms with van der Waals surface area (Å²) in [5.74, 6) is 1.03. The van der Waals surface area contributed by atoms with Crippen molar-refractivity contribution in [2.45, 2.75) is 38.1 Å². The first kappa shape index (κ1) is 13.8. The Bertz CT molecular complexity index is 310. The summed E-state index contributed by atoms with van der Waals surface area (Å²) < 4.78 is 16.4. The fourth-order valence-electron chi connectivity index (χ4n) is 1.87. The minimum absolute atomic E-state index is 0.117. The molecule has 0 unspecified atom stereocenters. The topological polar surface area (TPSA) is 44.8 Å². The zero-order chi connectivity index (χ0) is 12.7. The first-order chi connectivity index (χ1) is 8.14. The van der Waals surface area contributed by atoms with Crippen molar-refractivity contribution in [3.63, 3.8) is 0 Å². The minimum Gasteiger partial charge on any atom is -0.453 e. The van der Waals surface area contributed by atoms with Gasteiger partial charge in [0.15, 0.2) is 6.10 Å². The van der Waals surface area contributed by atoms with E-state index in [-0.39, 0.29) is 6.61 Å². The smallest absolute Gasteiger partial charge is 0.303 e. The van der Waals surface area contributed by atoms with Gasteiger partial charge in [-0.05, 0) is 18.9 Å². The minimum atomic E-state index is -0.974. The molecule has 94 valence electrons. The van der Waals surface area contributed by atoms with Crippen molar-refractivity contribution in [3.05, 3.63) is 12.7 Å². The quantitative estimate of drug-likeness (QED) is 0.415. The fourth-order valence-corrected chi connectivity index (χ4v) is 1.87. The van der Waals surface area contributed by atoms with E-state index < -0.39 is 17.9 Å². The Balaban J connectivity index is 2.81. The molecule has 1 fully saturated rings. The van der Waals surface area contributed by atoms with Gasteiger partial charge in [0.1, 0.15) is 6.61 Å². The highest BCUT2D eigenvalue weighted by Gasteiger charge is 2.43. The van der Waals surface area contributed by atoms with Gasteiger partial charge in [-0.1, -0.05) is 12.5 Å². The molecule has 0 aliphatic carbocycles. The molecule has 0 spiro atoms. The van der Waals surface area contributed by atoms with E-state index in [9.17, 15) is 4.79 Å². The van der Waals surface area contributed by atoms with Crippen LogP contribution in [0.25, 0.3) is 0 Å². The molecule has 0 N–H and O–H groups in total. The van der Waals surface area contributed by atoms with Crippen molar-refractivity contribution in [1.82, 2.24) is 0 Å². The number of carbonyl (C=O) groups is 1. The van der Waals surface area contributed by atoms with Crippen LogP contribution in [0, 0.1) is 12.3 Å².